The number of H-pyrrole nitrogens is 1. The molecule has 0 saturated heterocycles. The lowest BCUT2D eigenvalue weighted by molar-refractivity contribution is 0.0311. The average Bonchev–Trinajstić information content (AvgIpc) is 3.14. The first-order valence-electron chi connectivity index (χ1n) is 7.55. The van der Waals surface area contributed by atoms with Gasteiger partial charge in [0, 0.05) is 12.6 Å². The van der Waals surface area contributed by atoms with E-state index in [-0.39, 0.29) is 12.2 Å². The van der Waals surface area contributed by atoms with Crippen molar-refractivity contribution in [1.82, 2.24) is 20.6 Å². The molecular weight excluding hydrogens is 306 g/mol. The molecule has 0 fully saturated rings. The fraction of sp³-hybridized carbons (Fsp3) is 0.176. The highest BCUT2D eigenvalue weighted by Gasteiger charge is 2.27. The minimum atomic E-state index is -0.299. The highest BCUT2D eigenvalue weighted by Crippen LogP contribution is 2.33. The van der Waals surface area contributed by atoms with Gasteiger partial charge in [0.25, 0.3) is 0 Å². The number of carbonyl (C=O) groups is 1. The Labute approximate surface area is 138 Å². The lowest BCUT2D eigenvalue weighted by Gasteiger charge is -2.33. The molecule has 1 N–H and O–H groups in total. The highest BCUT2D eigenvalue weighted by atomic mass is 16.6. The van der Waals surface area contributed by atoms with Crippen LogP contribution in [-0.4, -0.2) is 39.9 Å². The Kier molecular flexibility index (Phi) is 3.26. The van der Waals surface area contributed by atoms with Crippen molar-refractivity contribution in [2.45, 2.75) is 13.2 Å². The van der Waals surface area contributed by atoms with Crippen LogP contribution in [0, 0.1) is 0 Å². The van der Waals surface area contributed by atoms with Gasteiger partial charge in [0.05, 0.1) is 11.3 Å². The number of rotatable bonds is 2. The molecule has 4 rings (SSSR count). The van der Waals surface area contributed by atoms with Crippen LogP contribution in [0.15, 0.2) is 42.5 Å². The number of fused-ring (bicyclic) bond motifs is 1. The molecule has 2 aromatic carbocycles. The molecule has 0 spiro atoms. The Morgan fingerprint density at radius 1 is 1.12 bits per heavy atom. The molecule has 1 unspecified atom stereocenters. The van der Waals surface area contributed by atoms with Gasteiger partial charge in [-0.15, -0.1) is 10.2 Å². The van der Waals surface area contributed by atoms with E-state index in [1.165, 1.54) is 0 Å². The molecule has 0 amide bonds. The van der Waals surface area contributed by atoms with Crippen LogP contribution in [-0.2, 0) is 4.74 Å². The van der Waals surface area contributed by atoms with Gasteiger partial charge < -0.3 is 9.64 Å². The van der Waals surface area contributed by atoms with Crippen LogP contribution in [0.5, 0.6) is 0 Å². The Morgan fingerprint density at radius 2 is 1.92 bits per heavy atom. The van der Waals surface area contributed by atoms with Gasteiger partial charge in [-0.05, 0) is 41.5 Å². The van der Waals surface area contributed by atoms with E-state index in [0.717, 1.165) is 22.4 Å². The maximum atomic E-state index is 12.2. The molecule has 0 saturated carbocycles. The van der Waals surface area contributed by atoms with Crippen LogP contribution in [0.4, 0.5) is 5.69 Å². The molecule has 1 atom stereocenters. The summed E-state index contributed by atoms with van der Waals surface area (Å²) in [5, 5.41) is 14.0. The monoisotopic (exact) mass is 321 g/mol. The Hall–Kier alpha value is -3.22. The van der Waals surface area contributed by atoms with Gasteiger partial charge in [-0.25, -0.2) is 4.79 Å². The van der Waals surface area contributed by atoms with Gasteiger partial charge >= 0.3 is 5.97 Å². The normalized spacial score (nSPS) is 16.7. The van der Waals surface area contributed by atoms with E-state index in [9.17, 15) is 4.79 Å². The molecule has 7 heteroatoms. The minimum absolute atomic E-state index is 0.266. The molecule has 0 aliphatic carbocycles. The number of aromatic amines is 1. The zero-order valence-electron chi connectivity index (χ0n) is 13.2. The number of nitrogens with one attached hydrogen (secondary N) is 1. The minimum Gasteiger partial charge on any atom is -0.438 e. The number of hydrogen-bond acceptors (Lipinski definition) is 6. The van der Waals surface area contributed by atoms with Crippen molar-refractivity contribution in [2.75, 3.05) is 11.9 Å². The first-order valence-corrected chi connectivity index (χ1v) is 7.55. The number of benzene rings is 2. The number of carbonyl (C=O) groups excluding carboxylic acids is 1. The zero-order chi connectivity index (χ0) is 16.7. The molecule has 1 aliphatic rings. The van der Waals surface area contributed by atoms with Crippen LogP contribution in [0.25, 0.3) is 22.5 Å². The van der Waals surface area contributed by atoms with E-state index in [2.05, 4.69) is 20.6 Å². The maximum Gasteiger partial charge on any atom is 0.342 e. The number of cyclic esters (lactones) is 1. The van der Waals surface area contributed by atoms with Crippen molar-refractivity contribution in [3.05, 3.63) is 48.0 Å². The molecule has 2 heterocycles. The fourth-order valence-corrected chi connectivity index (χ4v) is 2.80. The average molecular weight is 321 g/mol. The standard InChI is InChI=1S/C17H15N5O2/c1-10-22(2)15-7-6-12(9-14(15)17(23)24-10)11-4-3-5-13(8-11)16-18-20-21-19-16/h3-10H,1-2H3,(H,18,19,20,21). The van der Waals surface area contributed by atoms with Crippen LogP contribution in [0.3, 0.4) is 0 Å². The van der Waals surface area contributed by atoms with E-state index in [0.29, 0.717) is 11.4 Å². The van der Waals surface area contributed by atoms with Gasteiger partial charge in [-0.1, -0.05) is 24.3 Å². The third-order valence-corrected chi connectivity index (χ3v) is 4.22. The molecule has 1 aromatic heterocycles. The molecule has 3 aromatic rings. The van der Waals surface area contributed by atoms with E-state index in [1.54, 1.807) is 0 Å². The molecule has 7 nitrogen and oxygen atoms in total. The zero-order valence-corrected chi connectivity index (χ0v) is 13.2. The Morgan fingerprint density at radius 3 is 2.71 bits per heavy atom. The van der Waals surface area contributed by atoms with Crippen molar-refractivity contribution in [1.29, 1.82) is 0 Å². The van der Waals surface area contributed by atoms with E-state index < -0.39 is 0 Å². The third-order valence-electron chi connectivity index (χ3n) is 4.22. The quantitative estimate of drug-likeness (QED) is 0.730. The van der Waals surface area contributed by atoms with Gasteiger partial charge in [-0.3, -0.25) is 0 Å². The number of tetrazole rings is 1. The van der Waals surface area contributed by atoms with E-state index >= 15 is 0 Å². The second kappa shape index (κ2) is 5.45. The number of anilines is 1. The van der Waals surface area contributed by atoms with Crippen molar-refractivity contribution in [3.63, 3.8) is 0 Å². The topological polar surface area (TPSA) is 84.0 Å². The molecule has 24 heavy (non-hydrogen) atoms. The Balaban J connectivity index is 1.77. The number of hydrogen-bond donors (Lipinski definition) is 1. The molecule has 1 aliphatic heterocycles. The van der Waals surface area contributed by atoms with Crippen molar-refractivity contribution >= 4 is 11.7 Å². The molecular formula is C17H15N5O2. The molecule has 0 radical (unpaired) electrons. The van der Waals surface area contributed by atoms with Crippen LogP contribution in [0.2, 0.25) is 0 Å². The third kappa shape index (κ3) is 2.30. The van der Waals surface area contributed by atoms with Crippen LogP contribution >= 0.6 is 0 Å². The summed E-state index contributed by atoms with van der Waals surface area (Å²) in [6.07, 6.45) is -0.266. The molecule has 120 valence electrons. The van der Waals surface area contributed by atoms with Gasteiger partial charge in [-0.2, -0.15) is 5.21 Å². The summed E-state index contributed by atoms with van der Waals surface area (Å²) in [7, 11) is 1.91. The summed E-state index contributed by atoms with van der Waals surface area (Å²) < 4.78 is 5.35. The summed E-state index contributed by atoms with van der Waals surface area (Å²) in [4.78, 5) is 14.1. The number of aromatic nitrogens is 4. The summed E-state index contributed by atoms with van der Waals surface area (Å²) in [6.45, 7) is 1.85. The van der Waals surface area contributed by atoms with Crippen molar-refractivity contribution < 1.29 is 9.53 Å². The van der Waals surface area contributed by atoms with Gasteiger partial charge in [0.2, 0.25) is 5.82 Å². The maximum absolute atomic E-state index is 12.2. The van der Waals surface area contributed by atoms with E-state index in [4.69, 9.17) is 4.74 Å². The smallest absolute Gasteiger partial charge is 0.342 e. The largest absolute Gasteiger partial charge is 0.438 e. The first kappa shape index (κ1) is 14.4. The fourth-order valence-electron chi connectivity index (χ4n) is 2.80. The number of nitrogens with zero attached hydrogens (tertiary/aromatic N) is 4. The van der Waals surface area contributed by atoms with E-state index in [1.807, 2.05) is 61.3 Å². The predicted octanol–water partition coefficient (Wildman–Crippen LogP) is 2.49. The second-order valence-corrected chi connectivity index (χ2v) is 5.66. The second-order valence-electron chi connectivity index (χ2n) is 5.66. The SMILES string of the molecule is CC1OC(=O)c2cc(-c3cccc(-c4nn[nH]n4)c3)ccc2N1C. The van der Waals surface area contributed by atoms with Crippen LogP contribution < -0.4 is 4.90 Å². The Bertz CT molecular complexity index is 907. The summed E-state index contributed by atoms with van der Waals surface area (Å²) >= 11 is 0. The van der Waals surface area contributed by atoms with Crippen molar-refractivity contribution in [3.8, 4) is 22.5 Å². The summed E-state index contributed by atoms with van der Waals surface area (Å²) in [6, 6.07) is 13.6. The van der Waals surface area contributed by atoms with Gasteiger partial charge in [0.15, 0.2) is 6.23 Å². The summed E-state index contributed by atoms with van der Waals surface area (Å²) in [5.74, 6) is 0.231. The lowest BCUT2D eigenvalue weighted by atomic mass is 9.99. The number of esters is 1. The summed E-state index contributed by atoms with van der Waals surface area (Å²) in [5.41, 5.74) is 4.19. The van der Waals surface area contributed by atoms with Gasteiger partial charge in [0.1, 0.15) is 0 Å². The van der Waals surface area contributed by atoms with Crippen molar-refractivity contribution in [2.24, 2.45) is 0 Å². The lowest BCUT2D eigenvalue weighted by Crippen LogP contribution is -2.38. The number of ether oxygens (including phenoxy) is 1. The predicted molar refractivity (Wildman–Crippen MR) is 88.3 cm³/mol. The first-order chi connectivity index (χ1) is 11.6. The highest BCUT2D eigenvalue weighted by molar-refractivity contribution is 5.99. The molecule has 0 bridgehead atoms. The van der Waals surface area contributed by atoms with Crippen LogP contribution in [0.1, 0.15) is 17.3 Å².